The lowest BCUT2D eigenvalue weighted by molar-refractivity contribution is 0.453. The van der Waals surface area contributed by atoms with Crippen LogP contribution in [-0.2, 0) is 0 Å². The van der Waals surface area contributed by atoms with Gasteiger partial charge in [0.1, 0.15) is 0 Å². The molecule has 1 aliphatic rings. The Morgan fingerprint density at radius 1 is 1.54 bits per heavy atom. The Balaban J connectivity index is 2.18. The van der Waals surface area contributed by atoms with Gasteiger partial charge in [-0.15, -0.1) is 0 Å². The number of hydrogen-bond donors (Lipinski definition) is 1. The van der Waals surface area contributed by atoms with E-state index in [1.807, 2.05) is 12.3 Å². The highest BCUT2D eigenvalue weighted by molar-refractivity contribution is 5.22. The number of rotatable bonds is 1. The molecule has 0 bridgehead atoms. The van der Waals surface area contributed by atoms with Crippen LogP contribution >= 0.6 is 0 Å². The van der Waals surface area contributed by atoms with Crippen LogP contribution in [0, 0.1) is 6.92 Å². The van der Waals surface area contributed by atoms with Gasteiger partial charge < -0.3 is 5.32 Å². The predicted octanol–water partition coefficient (Wildman–Crippen LogP) is 1.86. The first-order chi connectivity index (χ1) is 6.38. The monoisotopic (exact) mass is 176 g/mol. The average Bonchev–Trinajstić information content (AvgIpc) is 2.20. The number of piperidine rings is 1. The van der Waals surface area contributed by atoms with Crippen molar-refractivity contribution in [1.29, 1.82) is 0 Å². The van der Waals surface area contributed by atoms with Crippen LogP contribution in [-0.4, -0.2) is 18.1 Å². The summed E-state index contributed by atoms with van der Waals surface area (Å²) in [6.07, 6.45) is 4.46. The first-order valence-corrected chi connectivity index (χ1v) is 5.00. The van der Waals surface area contributed by atoms with Crippen LogP contribution < -0.4 is 5.32 Å². The number of nitrogens with one attached hydrogen (secondary N) is 1. The number of aryl methyl sites for hydroxylation is 1. The molecule has 0 amide bonds. The number of nitrogens with zero attached hydrogens (tertiary/aromatic N) is 1. The van der Waals surface area contributed by atoms with Gasteiger partial charge in [-0.25, -0.2) is 0 Å². The summed E-state index contributed by atoms with van der Waals surface area (Å²) in [7, 11) is 0. The van der Waals surface area contributed by atoms with Crippen molar-refractivity contribution in [3.63, 3.8) is 0 Å². The lowest BCUT2D eigenvalue weighted by Crippen LogP contribution is -2.29. The third-order valence-electron chi connectivity index (χ3n) is 2.73. The summed E-state index contributed by atoms with van der Waals surface area (Å²) in [6, 6.07) is 4.16. The summed E-state index contributed by atoms with van der Waals surface area (Å²) >= 11 is 0. The quantitative estimate of drug-likeness (QED) is 0.706. The highest BCUT2D eigenvalue weighted by atomic mass is 14.9. The second kappa shape index (κ2) is 3.88. The maximum Gasteiger partial charge on any atom is 0.0476 e. The predicted molar refractivity (Wildman–Crippen MR) is 53.8 cm³/mol. The Labute approximate surface area is 79.4 Å². The molecule has 0 saturated carbocycles. The fraction of sp³-hybridized carbons (Fsp3) is 0.545. The molecule has 70 valence electrons. The van der Waals surface area contributed by atoms with Gasteiger partial charge in [-0.05, 0) is 37.9 Å². The van der Waals surface area contributed by atoms with Crippen LogP contribution in [0.3, 0.4) is 0 Å². The highest BCUT2D eigenvalue weighted by Crippen LogP contribution is 2.23. The van der Waals surface area contributed by atoms with Gasteiger partial charge >= 0.3 is 0 Å². The van der Waals surface area contributed by atoms with Gasteiger partial charge in [-0.2, -0.15) is 0 Å². The SMILES string of the molecule is Cc1cccnc1C1CCCNC1. The molecule has 0 radical (unpaired) electrons. The largest absolute Gasteiger partial charge is 0.316 e. The average molecular weight is 176 g/mol. The summed E-state index contributed by atoms with van der Waals surface area (Å²) in [5, 5.41) is 3.42. The van der Waals surface area contributed by atoms with Crippen LogP contribution in [0.2, 0.25) is 0 Å². The van der Waals surface area contributed by atoms with E-state index in [0.717, 1.165) is 6.54 Å². The molecule has 1 N–H and O–H groups in total. The van der Waals surface area contributed by atoms with E-state index in [0.29, 0.717) is 5.92 Å². The molecule has 2 heterocycles. The molecule has 1 aliphatic heterocycles. The Morgan fingerprint density at radius 2 is 2.46 bits per heavy atom. The highest BCUT2D eigenvalue weighted by Gasteiger charge is 2.17. The van der Waals surface area contributed by atoms with E-state index in [9.17, 15) is 0 Å². The standard InChI is InChI=1S/C11H16N2/c1-9-4-2-7-13-11(9)10-5-3-6-12-8-10/h2,4,7,10,12H,3,5-6,8H2,1H3. The van der Waals surface area contributed by atoms with Crippen molar-refractivity contribution in [2.75, 3.05) is 13.1 Å². The molecular formula is C11H16N2. The van der Waals surface area contributed by atoms with Crippen molar-refractivity contribution in [2.45, 2.75) is 25.7 Å². The van der Waals surface area contributed by atoms with E-state index in [1.165, 1.54) is 30.6 Å². The third-order valence-corrected chi connectivity index (χ3v) is 2.73. The van der Waals surface area contributed by atoms with Crippen LogP contribution in [0.5, 0.6) is 0 Å². The summed E-state index contributed by atoms with van der Waals surface area (Å²) in [6.45, 7) is 4.41. The summed E-state index contributed by atoms with van der Waals surface area (Å²) in [5.41, 5.74) is 2.62. The van der Waals surface area contributed by atoms with E-state index < -0.39 is 0 Å². The molecule has 1 atom stereocenters. The van der Waals surface area contributed by atoms with Gasteiger partial charge in [0.05, 0.1) is 0 Å². The maximum absolute atomic E-state index is 4.46. The molecule has 0 aromatic carbocycles. The Kier molecular flexibility index (Phi) is 2.60. The van der Waals surface area contributed by atoms with Gasteiger partial charge in [0.15, 0.2) is 0 Å². The molecule has 1 saturated heterocycles. The zero-order valence-electron chi connectivity index (χ0n) is 8.09. The third kappa shape index (κ3) is 1.89. The summed E-state index contributed by atoms with van der Waals surface area (Å²) in [4.78, 5) is 4.46. The van der Waals surface area contributed by atoms with Crippen LogP contribution in [0.4, 0.5) is 0 Å². The van der Waals surface area contributed by atoms with Crippen LogP contribution in [0.1, 0.15) is 30.0 Å². The van der Waals surface area contributed by atoms with Crippen molar-refractivity contribution in [3.8, 4) is 0 Å². The van der Waals surface area contributed by atoms with Crippen molar-refractivity contribution in [3.05, 3.63) is 29.6 Å². The van der Waals surface area contributed by atoms with Crippen molar-refractivity contribution < 1.29 is 0 Å². The minimum atomic E-state index is 0.634. The topological polar surface area (TPSA) is 24.9 Å². The smallest absolute Gasteiger partial charge is 0.0476 e. The van der Waals surface area contributed by atoms with E-state index in [2.05, 4.69) is 23.3 Å². The fourth-order valence-corrected chi connectivity index (χ4v) is 2.01. The molecule has 0 aliphatic carbocycles. The van der Waals surface area contributed by atoms with Crippen molar-refractivity contribution >= 4 is 0 Å². The summed E-state index contributed by atoms with van der Waals surface area (Å²) in [5.74, 6) is 0.634. The second-order valence-electron chi connectivity index (χ2n) is 3.75. The van der Waals surface area contributed by atoms with Gasteiger partial charge in [-0.3, -0.25) is 4.98 Å². The van der Waals surface area contributed by atoms with E-state index in [4.69, 9.17) is 0 Å². The molecule has 1 fully saturated rings. The molecule has 1 aromatic heterocycles. The normalized spacial score (nSPS) is 23.0. The lowest BCUT2D eigenvalue weighted by atomic mass is 9.93. The first kappa shape index (κ1) is 8.70. The van der Waals surface area contributed by atoms with E-state index in [1.54, 1.807) is 0 Å². The second-order valence-corrected chi connectivity index (χ2v) is 3.75. The molecule has 1 aromatic rings. The van der Waals surface area contributed by atoms with E-state index >= 15 is 0 Å². The molecule has 2 heteroatoms. The maximum atomic E-state index is 4.46. The van der Waals surface area contributed by atoms with Gasteiger partial charge in [0.25, 0.3) is 0 Å². The van der Waals surface area contributed by atoms with Gasteiger partial charge in [0.2, 0.25) is 0 Å². The fourth-order valence-electron chi connectivity index (χ4n) is 2.01. The number of aromatic nitrogens is 1. The molecule has 2 nitrogen and oxygen atoms in total. The zero-order chi connectivity index (χ0) is 9.10. The minimum Gasteiger partial charge on any atom is -0.316 e. The van der Waals surface area contributed by atoms with E-state index in [-0.39, 0.29) is 0 Å². The molecule has 1 unspecified atom stereocenters. The van der Waals surface area contributed by atoms with Gasteiger partial charge in [0, 0.05) is 24.4 Å². The Morgan fingerprint density at radius 3 is 3.15 bits per heavy atom. The zero-order valence-corrected chi connectivity index (χ0v) is 8.09. The lowest BCUT2D eigenvalue weighted by Gasteiger charge is -2.23. The molecular weight excluding hydrogens is 160 g/mol. The Bertz CT molecular complexity index is 277. The van der Waals surface area contributed by atoms with Crippen molar-refractivity contribution in [1.82, 2.24) is 10.3 Å². The number of hydrogen-bond acceptors (Lipinski definition) is 2. The van der Waals surface area contributed by atoms with Crippen LogP contribution in [0.15, 0.2) is 18.3 Å². The number of pyridine rings is 1. The first-order valence-electron chi connectivity index (χ1n) is 5.00. The van der Waals surface area contributed by atoms with Crippen molar-refractivity contribution in [2.24, 2.45) is 0 Å². The molecule has 0 spiro atoms. The van der Waals surface area contributed by atoms with Crippen LogP contribution in [0.25, 0.3) is 0 Å². The minimum absolute atomic E-state index is 0.634. The molecule has 13 heavy (non-hydrogen) atoms. The van der Waals surface area contributed by atoms with Gasteiger partial charge in [-0.1, -0.05) is 6.07 Å². The summed E-state index contributed by atoms with van der Waals surface area (Å²) < 4.78 is 0. The molecule has 2 rings (SSSR count). The Hall–Kier alpha value is -0.890.